The molecule has 0 saturated carbocycles. The Morgan fingerprint density at radius 2 is 2.29 bits per heavy atom. The van der Waals surface area contributed by atoms with E-state index in [9.17, 15) is 0 Å². The van der Waals surface area contributed by atoms with Crippen molar-refractivity contribution in [2.75, 3.05) is 13.2 Å². The minimum Gasteiger partial charge on any atom is -0.378 e. The number of aryl methyl sites for hydroxylation is 1. The van der Waals surface area contributed by atoms with E-state index >= 15 is 0 Å². The molecule has 0 amide bonds. The van der Waals surface area contributed by atoms with Gasteiger partial charge in [-0.3, -0.25) is 0 Å². The molecule has 21 heavy (non-hydrogen) atoms. The van der Waals surface area contributed by atoms with Crippen LogP contribution in [0.15, 0.2) is 22.7 Å². The molecule has 1 saturated heterocycles. The molecular weight excluding hydrogens is 326 g/mol. The third-order valence-electron chi connectivity index (χ3n) is 4.28. The lowest BCUT2D eigenvalue weighted by atomic mass is 9.98. The third-order valence-corrected chi connectivity index (χ3v) is 5.14. The van der Waals surface area contributed by atoms with Crippen LogP contribution in [0.2, 0.25) is 0 Å². The summed E-state index contributed by atoms with van der Waals surface area (Å²) in [4.78, 5) is 0. The van der Waals surface area contributed by atoms with Crippen LogP contribution in [-0.4, -0.2) is 19.3 Å². The van der Waals surface area contributed by atoms with Crippen molar-refractivity contribution in [1.29, 1.82) is 0 Å². The van der Waals surface area contributed by atoms with Gasteiger partial charge in [-0.1, -0.05) is 35.0 Å². The first-order valence-electron chi connectivity index (χ1n) is 8.31. The van der Waals surface area contributed by atoms with Gasteiger partial charge in [-0.15, -0.1) is 0 Å². The molecule has 1 aliphatic heterocycles. The number of hydrogen-bond donors (Lipinski definition) is 1. The van der Waals surface area contributed by atoms with Crippen molar-refractivity contribution in [3.63, 3.8) is 0 Å². The van der Waals surface area contributed by atoms with Crippen LogP contribution in [0.4, 0.5) is 0 Å². The minimum absolute atomic E-state index is 0.461. The van der Waals surface area contributed by atoms with Crippen molar-refractivity contribution in [1.82, 2.24) is 5.32 Å². The standard InChI is InChI=1S/C18H28BrNO/c1-3-11-20-18(8-4-6-16-7-5-12-21-16)15-10-9-14(2)17(19)13-15/h9-10,13,16,18,20H,3-8,11-12H2,1-2H3. The Labute approximate surface area is 137 Å². The van der Waals surface area contributed by atoms with Gasteiger partial charge < -0.3 is 10.1 Å². The smallest absolute Gasteiger partial charge is 0.0576 e. The molecule has 1 fully saturated rings. The molecule has 2 unspecified atom stereocenters. The average molecular weight is 354 g/mol. The number of ether oxygens (including phenoxy) is 1. The first-order chi connectivity index (χ1) is 10.2. The predicted octanol–water partition coefficient (Wildman–Crippen LogP) is 5.15. The first kappa shape index (κ1) is 17.0. The summed E-state index contributed by atoms with van der Waals surface area (Å²) >= 11 is 3.66. The zero-order valence-electron chi connectivity index (χ0n) is 13.3. The zero-order chi connectivity index (χ0) is 15.1. The summed E-state index contributed by atoms with van der Waals surface area (Å²) in [6, 6.07) is 7.21. The van der Waals surface area contributed by atoms with Gasteiger partial charge in [-0.05, 0) is 69.2 Å². The Hall–Kier alpha value is -0.380. The Morgan fingerprint density at radius 3 is 2.95 bits per heavy atom. The molecule has 1 aliphatic rings. The molecule has 1 aromatic carbocycles. The summed E-state index contributed by atoms with van der Waals surface area (Å²) < 4.78 is 6.94. The lowest BCUT2D eigenvalue weighted by Gasteiger charge is -2.20. The number of hydrogen-bond acceptors (Lipinski definition) is 2. The Balaban J connectivity index is 1.90. The van der Waals surface area contributed by atoms with Crippen LogP contribution in [0, 0.1) is 6.92 Å². The lowest BCUT2D eigenvalue weighted by Crippen LogP contribution is -2.22. The number of nitrogens with one attached hydrogen (secondary N) is 1. The van der Waals surface area contributed by atoms with Gasteiger partial charge in [0.25, 0.3) is 0 Å². The monoisotopic (exact) mass is 353 g/mol. The summed E-state index contributed by atoms with van der Waals surface area (Å²) in [7, 11) is 0. The van der Waals surface area contributed by atoms with Gasteiger partial charge in [0.2, 0.25) is 0 Å². The molecule has 2 rings (SSSR count). The highest BCUT2D eigenvalue weighted by Gasteiger charge is 2.17. The molecule has 0 aliphatic carbocycles. The lowest BCUT2D eigenvalue weighted by molar-refractivity contribution is 0.101. The van der Waals surface area contributed by atoms with Gasteiger partial charge in [-0.2, -0.15) is 0 Å². The highest BCUT2D eigenvalue weighted by Crippen LogP contribution is 2.26. The highest BCUT2D eigenvalue weighted by molar-refractivity contribution is 9.10. The second-order valence-electron chi connectivity index (χ2n) is 6.08. The van der Waals surface area contributed by atoms with Crippen molar-refractivity contribution in [3.8, 4) is 0 Å². The first-order valence-corrected chi connectivity index (χ1v) is 9.11. The Morgan fingerprint density at radius 1 is 1.43 bits per heavy atom. The van der Waals surface area contributed by atoms with Crippen molar-refractivity contribution in [2.45, 2.75) is 64.5 Å². The van der Waals surface area contributed by atoms with E-state index < -0.39 is 0 Å². The summed E-state index contributed by atoms with van der Waals surface area (Å²) in [6.45, 7) is 6.41. The maximum atomic E-state index is 5.73. The van der Waals surface area contributed by atoms with Gasteiger partial charge in [0, 0.05) is 17.1 Å². The molecule has 2 nitrogen and oxygen atoms in total. The van der Waals surface area contributed by atoms with Crippen LogP contribution in [0.3, 0.4) is 0 Å². The van der Waals surface area contributed by atoms with E-state index in [0.29, 0.717) is 12.1 Å². The van der Waals surface area contributed by atoms with E-state index in [2.05, 4.69) is 53.3 Å². The van der Waals surface area contributed by atoms with E-state index in [-0.39, 0.29) is 0 Å². The molecule has 0 bridgehead atoms. The molecule has 1 heterocycles. The third kappa shape index (κ3) is 5.39. The molecule has 3 heteroatoms. The Bertz CT molecular complexity index is 429. The molecule has 2 atom stereocenters. The van der Waals surface area contributed by atoms with Crippen LogP contribution in [0.5, 0.6) is 0 Å². The molecule has 118 valence electrons. The van der Waals surface area contributed by atoms with E-state index in [4.69, 9.17) is 4.74 Å². The van der Waals surface area contributed by atoms with Crippen LogP contribution in [0.1, 0.15) is 62.6 Å². The predicted molar refractivity (Wildman–Crippen MR) is 92.7 cm³/mol. The largest absolute Gasteiger partial charge is 0.378 e. The van der Waals surface area contributed by atoms with Crippen molar-refractivity contribution >= 4 is 15.9 Å². The number of benzene rings is 1. The topological polar surface area (TPSA) is 21.3 Å². The summed E-state index contributed by atoms with van der Waals surface area (Å²) in [5.74, 6) is 0. The maximum absolute atomic E-state index is 5.73. The van der Waals surface area contributed by atoms with Crippen LogP contribution >= 0.6 is 15.9 Å². The second kappa shape index (κ2) is 8.92. The molecule has 1 N–H and O–H groups in total. The molecule has 0 spiro atoms. The van der Waals surface area contributed by atoms with Crippen molar-refractivity contribution < 1.29 is 4.74 Å². The van der Waals surface area contributed by atoms with Gasteiger partial charge in [0.15, 0.2) is 0 Å². The van der Waals surface area contributed by atoms with Gasteiger partial charge in [-0.25, -0.2) is 0 Å². The second-order valence-corrected chi connectivity index (χ2v) is 6.94. The van der Waals surface area contributed by atoms with E-state index in [0.717, 1.165) is 13.2 Å². The maximum Gasteiger partial charge on any atom is 0.0576 e. The normalized spacial score (nSPS) is 19.9. The molecular formula is C18H28BrNO. The zero-order valence-corrected chi connectivity index (χ0v) is 14.9. The van der Waals surface area contributed by atoms with Gasteiger partial charge >= 0.3 is 0 Å². The summed E-state index contributed by atoms with van der Waals surface area (Å²) in [5.41, 5.74) is 2.70. The average Bonchev–Trinajstić information content (AvgIpc) is 2.99. The van der Waals surface area contributed by atoms with Crippen molar-refractivity contribution in [2.24, 2.45) is 0 Å². The van der Waals surface area contributed by atoms with Crippen molar-refractivity contribution in [3.05, 3.63) is 33.8 Å². The molecule has 0 radical (unpaired) electrons. The quantitative estimate of drug-likeness (QED) is 0.697. The van der Waals surface area contributed by atoms with Gasteiger partial charge in [0.05, 0.1) is 6.10 Å². The van der Waals surface area contributed by atoms with E-state index in [1.165, 1.54) is 54.1 Å². The Kier molecular flexibility index (Phi) is 7.21. The fraction of sp³-hybridized carbons (Fsp3) is 0.667. The van der Waals surface area contributed by atoms with E-state index in [1.54, 1.807) is 0 Å². The highest BCUT2D eigenvalue weighted by atomic mass is 79.9. The van der Waals surface area contributed by atoms with Crippen LogP contribution in [-0.2, 0) is 4.74 Å². The minimum atomic E-state index is 0.461. The fourth-order valence-corrected chi connectivity index (χ4v) is 3.35. The fourth-order valence-electron chi connectivity index (χ4n) is 2.95. The van der Waals surface area contributed by atoms with Crippen LogP contribution < -0.4 is 5.32 Å². The van der Waals surface area contributed by atoms with Crippen LogP contribution in [0.25, 0.3) is 0 Å². The van der Waals surface area contributed by atoms with E-state index in [1.807, 2.05) is 0 Å². The molecule has 1 aromatic rings. The molecule has 0 aromatic heterocycles. The summed E-state index contributed by atoms with van der Waals surface area (Å²) in [5, 5.41) is 3.70. The SMILES string of the molecule is CCCNC(CCCC1CCCO1)c1ccc(C)c(Br)c1. The number of rotatable bonds is 8. The number of halogens is 1. The summed E-state index contributed by atoms with van der Waals surface area (Å²) in [6.07, 6.45) is 7.82. The van der Waals surface area contributed by atoms with Gasteiger partial charge in [0.1, 0.15) is 0 Å².